The Balaban J connectivity index is 1.87. The van der Waals surface area contributed by atoms with E-state index in [1.807, 2.05) is 0 Å². The summed E-state index contributed by atoms with van der Waals surface area (Å²) < 4.78 is 0. The maximum absolute atomic E-state index is 9.35. The number of rotatable bonds is 4. The highest BCUT2D eigenvalue weighted by molar-refractivity contribution is 5.01. The fraction of sp³-hybridized carbons (Fsp3) is 1.00. The van der Waals surface area contributed by atoms with E-state index < -0.39 is 0 Å². The van der Waals surface area contributed by atoms with Gasteiger partial charge in [0.25, 0.3) is 0 Å². The molecule has 1 saturated heterocycles. The first-order valence-electron chi connectivity index (χ1n) is 5.65. The minimum atomic E-state index is 0.304. The van der Waals surface area contributed by atoms with E-state index in [4.69, 9.17) is 5.53 Å². The molecule has 5 nitrogen and oxygen atoms in total. The first-order chi connectivity index (χ1) is 7.30. The summed E-state index contributed by atoms with van der Waals surface area (Å²) >= 11 is 0. The van der Waals surface area contributed by atoms with Crippen molar-refractivity contribution in [3.63, 3.8) is 0 Å². The van der Waals surface area contributed by atoms with E-state index in [-0.39, 0.29) is 0 Å². The van der Waals surface area contributed by atoms with Gasteiger partial charge in [-0.25, -0.2) is 0 Å². The SMILES string of the molecule is [N-]=[N+]=NCCN1C[C@@H](CO)C2(CCC2)C1. The molecule has 1 atom stereocenters. The summed E-state index contributed by atoms with van der Waals surface area (Å²) in [7, 11) is 0. The first-order valence-corrected chi connectivity index (χ1v) is 5.65. The second kappa shape index (κ2) is 4.39. The molecule has 0 radical (unpaired) electrons. The predicted octanol–water partition coefficient (Wildman–Crippen LogP) is 1.39. The minimum absolute atomic E-state index is 0.304. The van der Waals surface area contributed by atoms with Gasteiger partial charge in [0.05, 0.1) is 0 Å². The number of likely N-dealkylation sites (tertiary alicyclic amines) is 1. The molecule has 1 heterocycles. The molecular formula is C10H18N4O. The minimum Gasteiger partial charge on any atom is -0.396 e. The fourth-order valence-electron chi connectivity index (χ4n) is 2.99. The number of azide groups is 1. The quantitative estimate of drug-likeness (QED) is 0.432. The van der Waals surface area contributed by atoms with E-state index in [9.17, 15) is 5.11 Å². The molecule has 1 aliphatic heterocycles. The van der Waals surface area contributed by atoms with E-state index in [0.29, 0.717) is 24.5 Å². The lowest BCUT2D eigenvalue weighted by atomic mass is 9.63. The van der Waals surface area contributed by atoms with Gasteiger partial charge in [0.1, 0.15) is 0 Å². The van der Waals surface area contributed by atoms with Crippen LogP contribution in [-0.2, 0) is 0 Å². The molecule has 2 rings (SSSR count). The number of hydrogen-bond acceptors (Lipinski definition) is 3. The molecule has 1 N–H and O–H groups in total. The molecule has 0 bridgehead atoms. The molecule has 5 heteroatoms. The van der Waals surface area contributed by atoms with Gasteiger partial charge in [-0.2, -0.15) is 0 Å². The van der Waals surface area contributed by atoms with Gasteiger partial charge in [-0.15, -0.1) is 0 Å². The summed E-state index contributed by atoms with van der Waals surface area (Å²) in [6.07, 6.45) is 3.83. The van der Waals surface area contributed by atoms with Crippen LogP contribution in [0.4, 0.5) is 0 Å². The molecule has 1 spiro atoms. The lowest BCUT2D eigenvalue weighted by molar-refractivity contribution is 0.0543. The second-order valence-electron chi connectivity index (χ2n) is 4.79. The van der Waals surface area contributed by atoms with Crippen LogP contribution in [0.3, 0.4) is 0 Å². The van der Waals surface area contributed by atoms with Gasteiger partial charge in [-0.1, -0.05) is 11.5 Å². The van der Waals surface area contributed by atoms with Crippen molar-refractivity contribution in [3.8, 4) is 0 Å². The molecular weight excluding hydrogens is 192 g/mol. The molecule has 2 aliphatic rings. The normalized spacial score (nSPS) is 28.7. The average molecular weight is 210 g/mol. The third-order valence-electron chi connectivity index (χ3n) is 4.03. The van der Waals surface area contributed by atoms with Gasteiger partial charge in [0, 0.05) is 43.6 Å². The topological polar surface area (TPSA) is 72.2 Å². The van der Waals surface area contributed by atoms with Crippen molar-refractivity contribution in [1.82, 2.24) is 4.90 Å². The lowest BCUT2D eigenvalue weighted by Crippen LogP contribution is -2.39. The molecule has 1 saturated carbocycles. The predicted molar refractivity (Wildman–Crippen MR) is 57.3 cm³/mol. The summed E-state index contributed by atoms with van der Waals surface area (Å²) in [5, 5.41) is 12.9. The van der Waals surface area contributed by atoms with E-state index in [0.717, 1.165) is 19.6 Å². The number of hydrogen-bond donors (Lipinski definition) is 1. The van der Waals surface area contributed by atoms with E-state index >= 15 is 0 Å². The largest absolute Gasteiger partial charge is 0.396 e. The van der Waals surface area contributed by atoms with Gasteiger partial charge in [0.2, 0.25) is 0 Å². The van der Waals surface area contributed by atoms with Crippen molar-refractivity contribution in [2.75, 3.05) is 32.8 Å². The maximum atomic E-state index is 9.35. The molecule has 1 aliphatic carbocycles. The summed E-state index contributed by atoms with van der Waals surface area (Å²) in [4.78, 5) is 5.08. The highest BCUT2D eigenvalue weighted by Gasteiger charge is 2.49. The third-order valence-corrected chi connectivity index (χ3v) is 4.03. The highest BCUT2D eigenvalue weighted by atomic mass is 16.3. The Morgan fingerprint density at radius 3 is 2.80 bits per heavy atom. The van der Waals surface area contributed by atoms with Crippen molar-refractivity contribution in [2.24, 2.45) is 16.4 Å². The van der Waals surface area contributed by atoms with Gasteiger partial charge in [-0.05, 0) is 23.8 Å². The Morgan fingerprint density at radius 1 is 1.53 bits per heavy atom. The standard InChI is InChI=1S/C10H18N4O/c11-13-12-4-5-14-6-9(7-15)10(8-14)2-1-3-10/h9,15H,1-8H2/t9-/m0/s1. The Hall–Kier alpha value is -0.770. The smallest absolute Gasteiger partial charge is 0.0477 e. The van der Waals surface area contributed by atoms with Crippen LogP contribution < -0.4 is 0 Å². The van der Waals surface area contributed by atoms with Crippen LogP contribution in [0.15, 0.2) is 5.11 Å². The van der Waals surface area contributed by atoms with Crippen LogP contribution >= 0.6 is 0 Å². The maximum Gasteiger partial charge on any atom is 0.0477 e. The van der Waals surface area contributed by atoms with Gasteiger partial charge in [-0.3, -0.25) is 0 Å². The zero-order valence-corrected chi connectivity index (χ0v) is 8.97. The van der Waals surface area contributed by atoms with Crippen LogP contribution in [0.2, 0.25) is 0 Å². The summed E-state index contributed by atoms with van der Waals surface area (Å²) in [6.45, 7) is 3.74. The van der Waals surface area contributed by atoms with Crippen molar-refractivity contribution < 1.29 is 5.11 Å². The molecule has 0 unspecified atom stereocenters. The van der Waals surface area contributed by atoms with Crippen LogP contribution in [0.1, 0.15) is 19.3 Å². The van der Waals surface area contributed by atoms with Crippen molar-refractivity contribution in [1.29, 1.82) is 0 Å². The van der Waals surface area contributed by atoms with E-state index in [1.54, 1.807) is 0 Å². The Labute approximate surface area is 89.7 Å². The first kappa shape index (κ1) is 10.7. The Morgan fingerprint density at radius 2 is 2.33 bits per heavy atom. The van der Waals surface area contributed by atoms with Gasteiger partial charge < -0.3 is 10.0 Å². The summed E-state index contributed by atoms with van der Waals surface area (Å²) in [6, 6.07) is 0. The zero-order chi connectivity index (χ0) is 10.7. The zero-order valence-electron chi connectivity index (χ0n) is 8.97. The van der Waals surface area contributed by atoms with Crippen molar-refractivity contribution in [3.05, 3.63) is 10.4 Å². The lowest BCUT2D eigenvalue weighted by Gasteiger charge is -2.42. The van der Waals surface area contributed by atoms with Crippen molar-refractivity contribution in [2.45, 2.75) is 19.3 Å². The molecule has 15 heavy (non-hydrogen) atoms. The monoisotopic (exact) mass is 210 g/mol. The molecule has 0 aromatic heterocycles. The Bertz CT molecular complexity index is 271. The average Bonchev–Trinajstić information content (AvgIpc) is 2.57. The molecule has 0 amide bonds. The fourth-order valence-corrected chi connectivity index (χ4v) is 2.99. The third kappa shape index (κ3) is 1.95. The van der Waals surface area contributed by atoms with Crippen LogP contribution in [0.25, 0.3) is 10.4 Å². The summed E-state index contributed by atoms with van der Waals surface area (Å²) in [5.74, 6) is 0.442. The molecule has 0 aromatic rings. The van der Waals surface area contributed by atoms with Crippen LogP contribution in [0.5, 0.6) is 0 Å². The molecule has 2 fully saturated rings. The molecule has 84 valence electrons. The highest BCUT2D eigenvalue weighted by Crippen LogP contribution is 2.51. The van der Waals surface area contributed by atoms with Crippen LogP contribution in [-0.4, -0.2) is 42.8 Å². The van der Waals surface area contributed by atoms with Gasteiger partial charge in [0.15, 0.2) is 0 Å². The van der Waals surface area contributed by atoms with Crippen LogP contribution in [0, 0.1) is 11.3 Å². The van der Waals surface area contributed by atoms with E-state index in [1.165, 1.54) is 19.3 Å². The van der Waals surface area contributed by atoms with Gasteiger partial charge >= 0.3 is 0 Å². The second-order valence-corrected chi connectivity index (χ2v) is 4.79. The number of aliphatic hydroxyl groups is 1. The van der Waals surface area contributed by atoms with E-state index in [2.05, 4.69) is 14.9 Å². The van der Waals surface area contributed by atoms with Crippen molar-refractivity contribution >= 4 is 0 Å². The number of aliphatic hydroxyl groups excluding tert-OH is 1. The Kier molecular flexibility index (Phi) is 3.14. The molecule has 0 aromatic carbocycles. The summed E-state index contributed by atoms with van der Waals surface area (Å²) in [5.41, 5.74) is 8.59. The number of nitrogens with zero attached hydrogens (tertiary/aromatic N) is 4.